The van der Waals surface area contributed by atoms with E-state index in [0.717, 1.165) is 17.7 Å². The Balaban J connectivity index is 2.00. The Bertz CT molecular complexity index is 411. The molecule has 1 aliphatic rings. The molecule has 0 aliphatic heterocycles. The highest BCUT2D eigenvalue weighted by atomic mass is 79.9. The maximum atomic E-state index is 13.2. The van der Waals surface area contributed by atoms with Gasteiger partial charge < -0.3 is 4.74 Å². The van der Waals surface area contributed by atoms with Crippen molar-refractivity contribution in [3.8, 4) is 5.75 Å². The highest BCUT2D eigenvalue weighted by Gasteiger charge is 2.30. The molecule has 1 fully saturated rings. The zero-order chi connectivity index (χ0) is 13.7. The van der Waals surface area contributed by atoms with Crippen molar-refractivity contribution in [3.05, 3.63) is 29.6 Å². The van der Waals surface area contributed by atoms with Crippen LogP contribution < -0.4 is 4.74 Å². The van der Waals surface area contributed by atoms with Crippen LogP contribution in [0.5, 0.6) is 5.75 Å². The van der Waals surface area contributed by atoms with Crippen LogP contribution in [-0.4, -0.2) is 11.9 Å². The molecule has 1 nitrogen and oxygen atoms in total. The molecule has 0 atom stereocenters. The van der Waals surface area contributed by atoms with Crippen molar-refractivity contribution in [1.82, 2.24) is 0 Å². The average molecular weight is 329 g/mol. The molecule has 0 bridgehead atoms. The molecule has 1 aliphatic carbocycles. The Labute approximate surface area is 123 Å². The molecule has 106 valence electrons. The van der Waals surface area contributed by atoms with E-state index in [1.165, 1.54) is 44.6 Å². The average Bonchev–Trinajstić information content (AvgIpc) is 2.66. The van der Waals surface area contributed by atoms with Gasteiger partial charge in [-0.15, -0.1) is 0 Å². The maximum absolute atomic E-state index is 13.2. The van der Waals surface area contributed by atoms with E-state index < -0.39 is 0 Å². The van der Waals surface area contributed by atoms with Gasteiger partial charge in [0.25, 0.3) is 0 Å². The van der Waals surface area contributed by atoms with Crippen molar-refractivity contribution in [2.45, 2.75) is 45.4 Å². The van der Waals surface area contributed by atoms with Gasteiger partial charge in [-0.3, -0.25) is 0 Å². The predicted molar refractivity (Wildman–Crippen MR) is 80.6 cm³/mol. The number of ether oxygens (including phenoxy) is 1. The SMILES string of the molecule is Cc1cc(OCC2(CBr)CCCCCC2)ccc1F. The Morgan fingerprint density at radius 3 is 2.47 bits per heavy atom. The molecule has 0 N–H and O–H groups in total. The summed E-state index contributed by atoms with van der Waals surface area (Å²) >= 11 is 3.66. The lowest BCUT2D eigenvalue weighted by Crippen LogP contribution is -2.30. The standard InChI is InChI=1S/C16H22BrFO/c1-13-10-14(6-7-15(13)18)19-12-16(11-17)8-4-2-3-5-9-16/h6-7,10H,2-5,8-9,11-12H2,1H3. The van der Waals surface area contributed by atoms with Crippen LogP contribution in [0.4, 0.5) is 4.39 Å². The first-order valence-electron chi connectivity index (χ1n) is 7.10. The molecule has 0 saturated heterocycles. The molecule has 0 radical (unpaired) electrons. The van der Waals surface area contributed by atoms with Gasteiger partial charge in [0.1, 0.15) is 11.6 Å². The monoisotopic (exact) mass is 328 g/mol. The first kappa shape index (κ1) is 14.8. The number of aryl methyl sites for hydroxylation is 1. The lowest BCUT2D eigenvalue weighted by molar-refractivity contribution is 0.149. The smallest absolute Gasteiger partial charge is 0.126 e. The highest BCUT2D eigenvalue weighted by molar-refractivity contribution is 9.09. The van der Waals surface area contributed by atoms with Crippen LogP contribution in [-0.2, 0) is 0 Å². The first-order chi connectivity index (χ1) is 9.15. The van der Waals surface area contributed by atoms with Crippen molar-refractivity contribution in [3.63, 3.8) is 0 Å². The molecular weight excluding hydrogens is 307 g/mol. The fourth-order valence-electron chi connectivity index (χ4n) is 2.74. The Morgan fingerprint density at radius 1 is 1.21 bits per heavy atom. The summed E-state index contributed by atoms with van der Waals surface area (Å²) in [6.45, 7) is 2.50. The molecule has 0 spiro atoms. The number of hydrogen-bond acceptors (Lipinski definition) is 1. The number of benzene rings is 1. The van der Waals surface area contributed by atoms with E-state index in [9.17, 15) is 4.39 Å². The minimum Gasteiger partial charge on any atom is -0.493 e. The Hall–Kier alpha value is -0.570. The molecule has 1 saturated carbocycles. The molecule has 2 rings (SSSR count). The second-order valence-electron chi connectivity index (χ2n) is 5.75. The quantitative estimate of drug-likeness (QED) is 0.542. The summed E-state index contributed by atoms with van der Waals surface area (Å²) in [4.78, 5) is 0. The van der Waals surface area contributed by atoms with Gasteiger partial charge in [-0.25, -0.2) is 4.39 Å². The van der Waals surface area contributed by atoms with Crippen LogP contribution in [0.15, 0.2) is 18.2 Å². The summed E-state index contributed by atoms with van der Waals surface area (Å²) < 4.78 is 19.2. The summed E-state index contributed by atoms with van der Waals surface area (Å²) in [6.07, 6.45) is 7.69. The molecule has 1 aromatic carbocycles. The van der Waals surface area contributed by atoms with Crippen molar-refractivity contribution in [2.75, 3.05) is 11.9 Å². The molecule has 1 aromatic rings. The molecule has 19 heavy (non-hydrogen) atoms. The zero-order valence-electron chi connectivity index (χ0n) is 11.6. The third-order valence-electron chi connectivity index (χ3n) is 4.12. The van der Waals surface area contributed by atoms with Crippen molar-refractivity contribution in [1.29, 1.82) is 0 Å². The summed E-state index contributed by atoms with van der Waals surface area (Å²) in [6, 6.07) is 4.99. The molecule has 0 amide bonds. The number of hydrogen-bond donors (Lipinski definition) is 0. The fourth-order valence-corrected chi connectivity index (χ4v) is 3.46. The third-order valence-corrected chi connectivity index (χ3v) is 5.31. The van der Waals surface area contributed by atoms with E-state index in [-0.39, 0.29) is 11.2 Å². The summed E-state index contributed by atoms with van der Waals surface area (Å²) in [5.74, 6) is 0.612. The largest absolute Gasteiger partial charge is 0.493 e. The summed E-state index contributed by atoms with van der Waals surface area (Å²) in [5, 5.41) is 0.986. The zero-order valence-corrected chi connectivity index (χ0v) is 13.1. The second kappa shape index (κ2) is 6.74. The van der Waals surface area contributed by atoms with Gasteiger partial charge in [0.05, 0.1) is 6.61 Å². The molecule has 0 aromatic heterocycles. The van der Waals surface area contributed by atoms with Crippen molar-refractivity contribution < 1.29 is 9.13 Å². The molecule has 0 unspecified atom stereocenters. The maximum Gasteiger partial charge on any atom is 0.126 e. The highest BCUT2D eigenvalue weighted by Crippen LogP contribution is 2.37. The summed E-state index contributed by atoms with van der Waals surface area (Å²) in [7, 11) is 0. The summed E-state index contributed by atoms with van der Waals surface area (Å²) in [5.41, 5.74) is 0.893. The van der Waals surface area contributed by atoms with Gasteiger partial charge in [0, 0.05) is 10.7 Å². The second-order valence-corrected chi connectivity index (χ2v) is 6.31. The minimum atomic E-state index is -0.169. The lowest BCUT2D eigenvalue weighted by atomic mass is 9.83. The first-order valence-corrected chi connectivity index (χ1v) is 8.22. The van der Waals surface area contributed by atoms with E-state index in [1.807, 2.05) is 0 Å². The minimum absolute atomic E-state index is 0.169. The van der Waals surface area contributed by atoms with E-state index in [0.29, 0.717) is 5.56 Å². The van der Waals surface area contributed by atoms with Crippen LogP contribution in [0.2, 0.25) is 0 Å². The van der Waals surface area contributed by atoms with Gasteiger partial charge >= 0.3 is 0 Å². The van der Waals surface area contributed by atoms with E-state index in [4.69, 9.17) is 4.74 Å². The Kier molecular flexibility index (Phi) is 5.26. The Morgan fingerprint density at radius 2 is 1.89 bits per heavy atom. The van der Waals surface area contributed by atoms with Crippen LogP contribution >= 0.6 is 15.9 Å². The van der Waals surface area contributed by atoms with Gasteiger partial charge in [-0.2, -0.15) is 0 Å². The van der Waals surface area contributed by atoms with Crippen molar-refractivity contribution in [2.24, 2.45) is 5.41 Å². The fraction of sp³-hybridized carbons (Fsp3) is 0.625. The molecule has 3 heteroatoms. The van der Waals surface area contributed by atoms with E-state index in [1.54, 1.807) is 19.1 Å². The van der Waals surface area contributed by atoms with Gasteiger partial charge in [0.2, 0.25) is 0 Å². The van der Waals surface area contributed by atoms with E-state index >= 15 is 0 Å². The van der Waals surface area contributed by atoms with E-state index in [2.05, 4.69) is 15.9 Å². The van der Waals surface area contributed by atoms with Crippen LogP contribution in [0.3, 0.4) is 0 Å². The topological polar surface area (TPSA) is 9.23 Å². The van der Waals surface area contributed by atoms with Crippen LogP contribution in [0.25, 0.3) is 0 Å². The number of halogens is 2. The normalized spacial score (nSPS) is 18.9. The predicted octanol–water partition coefficient (Wildman–Crippen LogP) is 5.25. The molecule has 0 heterocycles. The van der Waals surface area contributed by atoms with Gasteiger partial charge in [0.15, 0.2) is 0 Å². The van der Waals surface area contributed by atoms with Gasteiger partial charge in [-0.05, 0) is 43.5 Å². The number of rotatable bonds is 4. The molecular formula is C16H22BrFO. The lowest BCUT2D eigenvalue weighted by Gasteiger charge is -2.30. The van der Waals surface area contributed by atoms with Gasteiger partial charge in [-0.1, -0.05) is 41.6 Å². The van der Waals surface area contributed by atoms with Crippen molar-refractivity contribution >= 4 is 15.9 Å². The van der Waals surface area contributed by atoms with Crippen LogP contribution in [0.1, 0.15) is 44.1 Å². The number of alkyl halides is 1. The van der Waals surface area contributed by atoms with Crippen LogP contribution in [0, 0.1) is 18.2 Å². The third kappa shape index (κ3) is 3.95.